The standard InChI is InChI=1S/C30H36N4O5/c1-30(2,3)39-29(37)32-23(15-19-17-33(4)25-13-9-7-11-21(19)25)27(35)31-24(28(36)38-6)16-20-18-34(5)26-14-10-8-12-22(20)26/h7-14,17-18,23-24H,15-16H2,1-6H3,(H,31,35)(H,32,37)/t23-,24-/m0/s1. The van der Waals surface area contributed by atoms with Gasteiger partial charge in [-0.3, -0.25) is 4.79 Å². The molecule has 0 bridgehead atoms. The fourth-order valence-electron chi connectivity index (χ4n) is 4.88. The first-order valence-electron chi connectivity index (χ1n) is 12.9. The van der Waals surface area contributed by atoms with Crippen molar-refractivity contribution in [3.63, 3.8) is 0 Å². The minimum atomic E-state index is -0.995. The molecule has 4 rings (SSSR count). The summed E-state index contributed by atoms with van der Waals surface area (Å²) in [5.74, 6) is -1.08. The van der Waals surface area contributed by atoms with Crippen LogP contribution < -0.4 is 10.6 Å². The number of carbonyl (C=O) groups excluding carboxylic acids is 3. The lowest BCUT2D eigenvalue weighted by molar-refractivity contribution is -0.145. The number of alkyl carbamates (subject to hydrolysis) is 1. The highest BCUT2D eigenvalue weighted by Gasteiger charge is 2.30. The topological polar surface area (TPSA) is 104 Å². The number of rotatable bonds is 8. The third kappa shape index (κ3) is 6.42. The number of nitrogens with one attached hydrogen (secondary N) is 2. The van der Waals surface area contributed by atoms with Crippen LogP contribution in [0, 0.1) is 0 Å². The van der Waals surface area contributed by atoms with Gasteiger partial charge in [-0.2, -0.15) is 0 Å². The highest BCUT2D eigenvalue weighted by molar-refractivity contribution is 5.92. The minimum absolute atomic E-state index is 0.203. The van der Waals surface area contributed by atoms with E-state index in [9.17, 15) is 14.4 Å². The first kappa shape index (κ1) is 27.8. The third-order valence-corrected chi connectivity index (χ3v) is 6.62. The molecule has 0 radical (unpaired) electrons. The number of carbonyl (C=O) groups is 3. The van der Waals surface area contributed by atoms with Crippen molar-refractivity contribution in [3.05, 3.63) is 72.1 Å². The minimum Gasteiger partial charge on any atom is -0.467 e. The van der Waals surface area contributed by atoms with Crippen LogP contribution in [0.4, 0.5) is 4.79 Å². The molecule has 0 aliphatic carbocycles. The van der Waals surface area contributed by atoms with Crippen LogP contribution in [0.3, 0.4) is 0 Å². The maximum Gasteiger partial charge on any atom is 0.408 e. The van der Waals surface area contributed by atoms with Gasteiger partial charge in [-0.1, -0.05) is 36.4 Å². The summed E-state index contributed by atoms with van der Waals surface area (Å²) < 4.78 is 14.4. The first-order chi connectivity index (χ1) is 18.5. The van der Waals surface area contributed by atoms with E-state index in [1.54, 1.807) is 20.8 Å². The Balaban J connectivity index is 1.62. The smallest absolute Gasteiger partial charge is 0.408 e. The van der Waals surface area contributed by atoms with Gasteiger partial charge in [-0.15, -0.1) is 0 Å². The van der Waals surface area contributed by atoms with Crippen LogP contribution >= 0.6 is 0 Å². The van der Waals surface area contributed by atoms with Crippen molar-refractivity contribution in [3.8, 4) is 0 Å². The lowest BCUT2D eigenvalue weighted by Crippen LogP contribution is -2.53. The van der Waals surface area contributed by atoms with Crippen molar-refractivity contribution in [1.29, 1.82) is 0 Å². The predicted molar refractivity (Wildman–Crippen MR) is 150 cm³/mol. The van der Waals surface area contributed by atoms with E-state index in [4.69, 9.17) is 9.47 Å². The molecule has 0 aliphatic rings. The Hall–Kier alpha value is -4.27. The quantitative estimate of drug-likeness (QED) is 0.334. The van der Waals surface area contributed by atoms with Gasteiger partial charge in [0.2, 0.25) is 5.91 Å². The second-order valence-corrected chi connectivity index (χ2v) is 10.8. The van der Waals surface area contributed by atoms with Gasteiger partial charge in [0.25, 0.3) is 0 Å². The van der Waals surface area contributed by atoms with Crippen molar-refractivity contribution in [2.75, 3.05) is 7.11 Å². The lowest BCUT2D eigenvalue weighted by atomic mass is 10.0. The van der Waals surface area contributed by atoms with E-state index in [2.05, 4.69) is 10.6 Å². The SMILES string of the molecule is COC(=O)[C@H](Cc1cn(C)c2ccccc12)NC(=O)[C@H](Cc1cn(C)c2ccccc12)NC(=O)OC(C)(C)C. The Labute approximate surface area is 228 Å². The fraction of sp³-hybridized carbons (Fsp3) is 0.367. The van der Waals surface area contributed by atoms with Crippen molar-refractivity contribution in [2.24, 2.45) is 14.1 Å². The Morgan fingerprint density at radius 2 is 1.28 bits per heavy atom. The van der Waals surface area contributed by atoms with Crippen LogP contribution in [0.15, 0.2) is 60.9 Å². The lowest BCUT2D eigenvalue weighted by Gasteiger charge is -2.25. The number of fused-ring (bicyclic) bond motifs is 2. The number of benzene rings is 2. The van der Waals surface area contributed by atoms with Crippen LogP contribution in [0.2, 0.25) is 0 Å². The monoisotopic (exact) mass is 532 g/mol. The molecule has 0 spiro atoms. The number of para-hydroxylation sites is 2. The summed E-state index contributed by atoms with van der Waals surface area (Å²) in [6, 6.07) is 13.8. The molecule has 0 saturated heterocycles. The van der Waals surface area contributed by atoms with E-state index in [-0.39, 0.29) is 12.8 Å². The molecule has 0 aliphatic heterocycles. The molecule has 4 aromatic rings. The second-order valence-electron chi connectivity index (χ2n) is 10.8. The van der Waals surface area contributed by atoms with Gasteiger partial charge in [-0.05, 0) is 44.0 Å². The molecule has 2 heterocycles. The van der Waals surface area contributed by atoms with E-state index in [1.807, 2.05) is 84.2 Å². The zero-order valence-electron chi connectivity index (χ0n) is 23.3. The van der Waals surface area contributed by atoms with E-state index in [0.717, 1.165) is 32.9 Å². The van der Waals surface area contributed by atoms with Crippen LogP contribution in [-0.4, -0.2) is 51.9 Å². The Bertz CT molecular complexity index is 1510. The molecule has 39 heavy (non-hydrogen) atoms. The summed E-state index contributed by atoms with van der Waals surface area (Å²) in [6.45, 7) is 5.26. The molecule has 206 valence electrons. The van der Waals surface area contributed by atoms with E-state index in [1.165, 1.54) is 7.11 Å². The molecule has 2 amide bonds. The van der Waals surface area contributed by atoms with E-state index < -0.39 is 35.7 Å². The Kier molecular flexibility index (Phi) is 7.99. The van der Waals surface area contributed by atoms with Crippen LogP contribution in [-0.2, 0) is 46.0 Å². The molecular formula is C30H36N4O5. The zero-order chi connectivity index (χ0) is 28.3. The number of aryl methyl sites for hydroxylation is 2. The largest absolute Gasteiger partial charge is 0.467 e. The van der Waals surface area contributed by atoms with Gasteiger partial charge in [0.1, 0.15) is 17.7 Å². The average Bonchev–Trinajstić information content (AvgIpc) is 3.37. The van der Waals surface area contributed by atoms with Gasteiger partial charge in [0.15, 0.2) is 0 Å². The maximum absolute atomic E-state index is 13.7. The molecule has 2 atom stereocenters. The molecule has 9 nitrogen and oxygen atoms in total. The molecule has 2 aromatic heterocycles. The fourth-order valence-corrected chi connectivity index (χ4v) is 4.88. The van der Waals surface area contributed by atoms with E-state index >= 15 is 0 Å². The summed E-state index contributed by atoms with van der Waals surface area (Å²) >= 11 is 0. The number of hydrogen-bond donors (Lipinski definition) is 2. The van der Waals surface area contributed by atoms with Crippen molar-refractivity contribution >= 4 is 39.8 Å². The molecular weight excluding hydrogens is 496 g/mol. The molecule has 0 saturated carbocycles. The van der Waals surface area contributed by atoms with Gasteiger partial charge in [-0.25, -0.2) is 9.59 Å². The molecule has 9 heteroatoms. The molecule has 0 fully saturated rings. The number of esters is 1. The highest BCUT2D eigenvalue weighted by atomic mass is 16.6. The maximum atomic E-state index is 13.7. The normalized spacial score (nSPS) is 13.2. The molecule has 0 unspecified atom stereocenters. The number of hydrogen-bond acceptors (Lipinski definition) is 5. The summed E-state index contributed by atoms with van der Waals surface area (Å²) in [6.07, 6.45) is 3.60. The second kappa shape index (κ2) is 11.2. The van der Waals surface area contributed by atoms with Crippen molar-refractivity contribution < 1.29 is 23.9 Å². The first-order valence-corrected chi connectivity index (χ1v) is 12.9. The van der Waals surface area contributed by atoms with Gasteiger partial charge in [0, 0.05) is 61.1 Å². The van der Waals surface area contributed by atoms with Crippen LogP contribution in [0.5, 0.6) is 0 Å². The highest BCUT2D eigenvalue weighted by Crippen LogP contribution is 2.23. The Morgan fingerprint density at radius 3 is 1.77 bits per heavy atom. The van der Waals surface area contributed by atoms with Crippen molar-refractivity contribution in [1.82, 2.24) is 19.8 Å². The molecule has 2 N–H and O–H groups in total. The number of amides is 2. The van der Waals surface area contributed by atoms with Crippen molar-refractivity contribution in [2.45, 2.75) is 51.3 Å². The van der Waals surface area contributed by atoms with E-state index in [0.29, 0.717) is 0 Å². The summed E-state index contributed by atoms with van der Waals surface area (Å²) in [5.41, 5.74) is 3.06. The van der Waals surface area contributed by atoms with Gasteiger partial charge < -0.3 is 29.2 Å². The van der Waals surface area contributed by atoms with Gasteiger partial charge >= 0.3 is 12.1 Å². The summed E-state index contributed by atoms with van der Waals surface area (Å²) in [5, 5.41) is 7.52. The summed E-state index contributed by atoms with van der Waals surface area (Å²) in [7, 11) is 5.15. The third-order valence-electron chi connectivity index (χ3n) is 6.62. The number of methoxy groups -OCH3 is 1. The van der Waals surface area contributed by atoms with Gasteiger partial charge in [0.05, 0.1) is 7.11 Å². The predicted octanol–water partition coefficient (Wildman–Crippen LogP) is 4.01. The number of nitrogens with zero attached hydrogens (tertiary/aromatic N) is 2. The number of aromatic nitrogens is 2. The molecule has 2 aromatic carbocycles. The zero-order valence-corrected chi connectivity index (χ0v) is 23.3. The van der Waals surface area contributed by atoms with Crippen LogP contribution in [0.25, 0.3) is 21.8 Å². The summed E-state index contributed by atoms with van der Waals surface area (Å²) in [4.78, 5) is 39.2. The Morgan fingerprint density at radius 1 is 0.795 bits per heavy atom. The number of ether oxygens (including phenoxy) is 2. The average molecular weight is 533 g/mol. The van der Waals surface area contributed by atoms with Crippen LogP contribution in [0.1, 0.15) is 31.9 Å².